The third-order valence-electron chi connectivity index (χ3n) is 8.30. The molecule has 1 spiro atoms. The van der Waals surface area contributed by atoms with Crippen molar-refractivity contribution in [3.05, 3.63) is 0 Å². The summed E-state index contributed by atoms with van der Waals surface area (Å²) in [6, 6.07) is -0.885. The van der Waals surface area contributed by atoms with Gasteiger partial charge < -0.3 is 16.0 Å². The highest BCUT2D eigenvalue weighted by atomic mass is 19.4. The van der Waals surface area contributed by atoms with Gasteiger partial charge in [0.05, 0.1) is 12.0 Å². The van der Waals surface area contributed by atoms with Gasteiger partial charge >= 0.3 is 6.18 Å². The molecule has 8 nitrogen and oxygen atoms in total. The number of halogens is 5. The lowest BCUT2D eigenvalue weighted by Gasteiger charge is -2.32. The second-order valence-electron chi connectivity index (χ2n) is 12.7. The van der Waals surface area contributed by atoms with Gasteiger partial charge in [0.1, 0.15) is 12.1 Å². The van der Waals surface area contributed by atoms with Crippen molar-refractivity contribution in [2.45, 2.75) is 109 Å². The van der Waals surface area contributed by atoms with Crippen LogP contribution in [0, 0.1) is 34.0 Å². The van der Waals surface area contributed by atoms with Crippen LogP contribution in [0.3, 0.4) is 0 Å². The number of hydrogen-bond donors (Lipinski definition) is 3. The van der Waals surface area contributed by atoms with E-state index in [1.165, 1.54) is 27.7 Å². The minimum Gasteiger partial charge on any atom is -0.350 e. The van der Waals surface area contributed by atoms with E-state index in [2.05, 4.69) is 16.0 Å². The molecule has 5 atom stereocenters. The Hall–Kier alpha value is -2.78. The summed E-state index contributed by atoms with van der Waals surface area (Å²) in [4.78, 5) is 50.4. The van der Waals surface area contributed by atoms with Crippen molar-refractivity contribution in [2.75, 3.05) is 0 Å². The Kier molecular flexibility index (Phi) is 8.14. The smallest absolute Gasteiger partial charge is 0.350 e. The van der Waals surface area contributed by atoms with Crippen molar-refractivity contribution in [1.29, 1.82) is 5.26 Å². The van der Waals surface area contributed by atoms with Crippen LogP contribution in [0.15, 0.2) is 0 Å². The summed E-state index contributed by atoms with van der Waals surface area (Å²) in [5.41, 5.74) is -2.95. The van der Waals surface area contributed by atoms with Crippen LogP contribution in [-0.2, 0) is 19.2 Å². The fourth-order valence-corrected chi connectivity index (χ4v) is 5.15. The van der Waals surface area contributed by atoms with Crippen LogP contribution in [0.25, 0.3) is 0 Å². The molecular formula is C26H35F5N4O4. The van der Waals surface area contributed by atoms with E-state index in [0.29, 0.717) is 6.42 Å². The van der Waals surface area contributed by atoms with E-state index < -0.39 is 83.7 Å². The maximum absolute atomic E-state index is 14.0. The number of Topliss-reactive ketones (excluding diaryl/α,β-unsaturated/α-hetero) is 1. The molecule has 3 fully saturated rings. The normalized spacial score (nSPS) is 27.4. The number of nitriles is 1. The number of carbonyl (C=O) groups is 4. The molecule has 2 aliphatic carbocycles. The zero-order valence-corrected chi connectivity index (χ0v) is 22.4. The number of alkyl halides is 5. The van der Waals surface area contributed by atoms with E-state index in [-0.39, 0.29) is 17.9 Å². The molecule has 3 amide bonds. The van der Waals surface area contributed by atoms with Crippen molar-refractivity contribution in [2.24, 2.45) is 22.7 Å². The second kappa shape index (κ2) is 10.3. The largest absolute Gasteiger partial charge is 0.449 e. The Morgan fingerprint density at radius 3 is 2.13 bits per heavy atom. The van der Waals surface area contributed by atoms with Gasteiger partial charge in [-0.3, -0.25) is 19.2 Å². The lowest BCUT2D eigenvalue weighted by molar-refractivity contribution is -0.173. The molecule has 5 unspecified atom stereocenters. The molecule has 39 heavy (non-hydrogen) atoms. The Bertz CT molecular complexity index is 1060. The Morgan fingerprint density at radius 2 is 1.69 bits per heavy atom. The first-order valence-electron chi connectivity index (χ1n) is 13.0. The SMILES string of the molecule is CC(C)(C)C(CC(=O)C(F)(F)F)C(=O)NC(CC1(C)CC1(F)F)C(=O)NC(C#N)CC1CCC2(CC2)NC1=O. The summed E-state index contributed by atoms with van der Waals surface area (Å²) >= 11 is 0. The number of hydrogen-bond acceptors (Lipinski definition) is 5. The molecule has 0 aromatic heterocycles. The first-order valence-corrected chi connectivity index (χ1v) is 13.0. The molecule has 0 aromatic carbocycles. The van der Waals surface area contributed by atoms with E-state index in [0.717, 1.165) is 19.3 Å². The summed E-state index contributed by atoms with van der Waals surface area (Å²) in [6.45, 7) is 5.55. The number of ketones is 1. The van der Waals surface area contributed by atoms with Crippen molar-refractivity contribution < 1.29 is 41.1 Å². The highest BCUT2D eigenvalue weighted by molar-refractivity contribution is 5.93. The van der Waals surface area contributed by atoms with Crippen LogP contribution in [0.5, 0.6) is 0 Å². The van der Waals surface area contributed by atoms with E-state index in [1.807, 2.05) is 6.07 Å². The number of nitrogens with zero attached hydrogens (tertiary/aromatic N) is 1. The average molecular weight is 563 g/mol. The number of amides is 3. The summed E-state index contributed by atoms with van der Waals surface area (Å²) in [6.07, 6.45) is -4.43. The maximum Gasteiger partial charge on any atom is 0.449 e. The number of carbonyl (C=O) groups excluding carboxylic acids is 4. The van der Waals surface area contributed by atoms with E-state index in [1.54, 1.807) is 0 Å². The third kappa shape index (κ3) is 7.25. The van der Waals surface area contributed by atoms with E-state index >= 15 is 0 Å². The molecule has 1 aliphatic heterocycles. The lowest BCUT2D eigenvalue weighted by atomic mass is 9.77. The highest BCUT2D eigenvalue weighted by Crippen LogP contribution is 2.62. The minimum absolute atomic E-state index is 0.0249. The molecule has 218 valence electrons. The molecule has 1 heterocycles. The maximum atomic E-state index is 14.0. The highest BCUT2D eigenvalue weighted by Gasteiger charge is 2.68. The van der Waals surface area contributed by atoms with Gasteiger partial charge in [-0.1, -0.05) is 27.7 Å². The summed E-state index contributed by atoms with van der Waals surface area (Å²) in [7, 11) is 0. The molecular weight excluding hydrogens is 527 g/mol. The molecule has 3 N–H and O–H groups in total. The Labute approximate surface area is 223 Å². The Morgan fingerprint density at radius 1 is 1.10 bits per heavy atom. The third-order valence-corrected chi connectivity index (χ3v) is 8.30. The molecule has 3 rings (SSSR count). The fraction of sp³-hybridized carbons (Fsp3) is 0.808. The van der Waals surface area contributed by atoms with Gasteiger partial charge in [-0.25, -0.2) is 8.78 Å². The predicted octanol–water partition coefficient (Wildman–Crippen LogP) is 3.55. The predicted molar refractivity (Wildman–Crippen MR) is 128 cm³/mol. The summed E-state index contributed by atoms with van der Waals surface area (Å²) < 4.78 is 66.8. The minimum atomic E-state index is -5.17. The molecule has 0 radical (unpaired) electrons. The van der Waals surface area contributed by atoms with Gasteiger partial charge in [-0.2, -0.15) is 18.4 Å². The molecule has 2 saturated carbocycles. The average Bonchev–Trinajstić information content (AvgIpc) is 3.65. The summed E-state index contributed by atoms with van der Waals surface area (Å²) in [5.74, 6) is -9.56. The molecule has 0 aromatic rings. The van der Waals surface area contributed by atoms with Crippen LogP contribution < -0.4 is 16.0 Å². The van der Waals surface area contributed by atoms with Crippen LogP contribution in [0.4, 0.5) is 22.0 Å². The molecule has 3 aliphatic rings. The van der Waals surface area contributed by atoms with Crippen molar-refractivity contribution in [3.63, 3.8) is 0 Å². The van der Waals surface area contributed by atoms with Gasteiger partial charge in [-0.05, 0) is 43.9 Å². The fourth-order valence-electron chi connectivity index (χ4n) is 5.15. The number of nitrogens with one attached hydrogen (secondary N) is 3. The zero-order chi connectivity index (χ0) is 29.6. The van der Waals surface area contributed by atoms with Crippen LogP contribution in [-0.4, -0.2) is 53.2 Å². The molecule has 13 heteroatoms. The first kappa shape index (κ1) is 30.8. The zero-order valence-electron chi connectivity index (χ0n) is 22.4. The Balaban J connectivity index is 1.73. The number of piperidine rings is 1. The number of rotatable bonds is 10. The van der Waals surface area contributed by atoms with Gasteiger partial charge in [0.2, 0.25) is 23.5 Å². The quantitative estimate of drug-likeness (QED) is 0.351. The standard InChI is InChI=1S/C26H35F5N4O4/c1-22(2,3)16(10-18(36)26(29,30)31)20(38)34-17(11-23(4)13-25(23,27)28)21(39)33-15(12-32)9-14-5-6-24(7-8-24)35-19(14)37/h14-17H,5-11,13H2,1-4H3,(H,33,39)(H,34,38)(H,35,37). The summed E-state index contributed by atoms with van der Waals surface area (Å²) in [5, 5.41) is 17.3. The first-order chi connectivity index (χ1) is 17.7. The monoisotopic (exact) mass is 562 g/mol. The van der Waals surface area contributed by atoms with Crippen molar-refractivity contribution >= 4 is 23.5 Å². The van der Waals surface area contributed by atoms with Crippen LogP contribution >= 0.6 is 0 Å². The topological polar surface area (TPSA) is 128 Å². The molecule has 0 bridgehead atoms. The van der Waals surface area contributed by atoms with Crippen LogP contribution in [0.2, 0.25) is 0 Å². The van der Waals surface area contributed by atoms with Gasteiger partial charge in [-0.15, -0.1) is 0 Å². The van der Waals surface area contributed by atoms with E-state index in [4.69, 9.17) is 0 Å². The molecule has 1 saturated heterocycles. The van der Waals surface area contributed by atoms with Crippen LogP contribution in [0.1, 0.15) is 79.1 Å². The van der Waals surface area contributed by atoms with Gasteiger partial charge in [0, 0.05) is 29.7 Å². The van der Waals surface area contributed by atoms with Crippen molar-refractivity contribution in [1.82, 2.24) is 16.0 Å². The van der Waals surface area contributed by atoms with E-state index in [9.17, 15) is 46.4 Å². The van der Waals surface area contributed by atoms with Gasteiger partial charge in [0.25, 0.3) is 5.92 Å². The lowest BCUT2D eigenvalue weighted by Crippen LogP contribution is -2.54. The van der Waals surface area contributed by atoms with Crippen molar-refractivity contribution in [3.8, 4) is 6.07 Å². The van der Waals surface area contributed by atoms with Gasteiger partial charge in [0.15, 0.2) is 0 Å². The second-order valence-corrected chi connectivity index (χ2v) is 12.7.